The summed E-state index contributed by atoms with van der Waals surface area (Å²) >= 11 is 0.818. The highest BCUT2D eigenvalue weighted by Gasteiger charge is 2.30. The Kier molecular flexibility index (Phi) is 4.57. The Morgan fingerprint density at radius 3 is 2.93 bits per heavy atom. The molecule has 8 nitrogen and oxygen atoms in total. The fourth-order valence-corrected chi connectivity index (χ4v) is 3.77. The van der Waals surface area contributed by atoms with Crippen LogP contribution in [0.25, 0.3) is 32.8 Å². The molecular formula is C17H13F3N6O2S. The van der Waals surface area contributed by atoms with Crippen molar-refractivity contribution in [2.24, 2.45) is 0 Å². The van der Waals surface area contributed by atoms with Crippen LogP contribution in [0.3, 0.4) is 0 Å². The van der Waals surface area contributed by atoms with Crippen LogP contribution in [0.1, 0.15) is 13.0 Å². The molecule has 0 aromatic carbocycles. The monoisotopic (exact) mass is 422 g/mol. The molecule has 4 aromatic rings. The number of nitrogens with zero attached hydrogens (tertiary/aromatic N) is 4. The van der Waals surface area contributed by atoms with Gasteiger partial charge in [-0.15, -0.1) is 0 Å². The van der Waals surface area contributed by atoms with E-state index in [4.69, 9.17) is 0 Å². The van der Waals surface area contributed by atoms with Gasteiger partial charge in [0.2, 0.25) is 5.91 Å². The molecule has 0 radical (unpaired) electrons. The van der Waals surface area contributed by atoms with Crippen molar-refractivity contribution in [3.63, 3.8) is 0 Å². The average molecular weight is 422 g/mol. The number of carbonyl (C=O) groups is 1. The molecule has 2 N–H and O–H groups in total. The zero-order chi connectivity index (χ0) is 20.8. The minimum atomic E-state index is -4.55. The molecule has 0 saturated heterocycles. The third kappa shape index (κ3) is 3.58. The molecule has 0 saturated carbocycles. The predicted octanol–water partition coefficient (Wildman–Crippen LogP) is 2.64. The van der Waals surface area contributed by atoms with Gasteiger partial charge in [-0.25, -0.2) is 15.0 Å². The number of alkyl halides is 3. The number of aromatic nitrogens is 5. The summed E-state index contributed by atoms with van der Waals surface area (Å²) in [5, 5.41) is 2.56. The maximum Gasteiger partial charge on any atom is 0.405 e. The molecule has 1 amide bonds. The number of nitrogens with one attached hydrogen (secondary N) is 2. The van der Waals surface area contributed by atoms with Crippen LogP contribution in [0.2, 0.25) is 0 Å². The Hall–Kier alpha value is -3.28. The first-order valence-corrected chi connectivity index (χ1v) is 9.21. The second kappa shape index (κ2) is 6.95. The number of hydrogen-bond donors (Lipinski definition) is 2. The molecular weight excluding hydrogens is 409 g/mol. The van der Waals surface area contributed by atoms with Crippen molar-refractivity contribution < 1.29 is 18.0 Å². The van der Waals surface area contributed by atoms with Crippen molar-refractivity contribution in [1.82, 2.24) is 29.8 Å². The topological polar surface area (TPSA) is 106 Å². The molecule has 0 aliphatic heterocycles. The van der Waals surface area contributed by atoms with Gasteiger partial charge in [0.05, 0.1) is 10.9 Å². The number of hydrogen-bond acceptors (Lipinski definition) is 6. The van der Waals surface area contributed by atoms with Crippen LogP contribution in [0.15, 0.2) is 35.5 Å². The Labute approximate surface area is 164 Å². The maximum atomic E-state index is 12.4. The lowest BCUT2D eigenvalue weighted by atomic mass is 10.2. The van der Waals surface area contributed by atoms with Crippen LogP contribution in [0.4, 0.5) is 13.2 Å². The van der Waals surface area contributed by atoms with Gasteiger partial charge in [0.25, 0.3) is 0 Å². The number of carbonyl (C=O) groups excluding carboxylic acids is 1. The lowest BCUT2D eigenvalue weighted by Gasteiger charge is -2.14. The summed E-state index contributed by atoms with van der Waals surface area (Å²) in [7, 11) is 0. The molecule has 0 fully saturated rings. The van der Waals surface area contributed by atoms with Crippen LogP contribution < -0.4 is 10.2 Å². The Morgan fingerprint density at radius 2 is 2.17 bits per heavy atom. The van der Waals surface area contributed by atoms with Gasteiger partial charge in [-0.05, 0) is 19.1 Å². The highest BCUT2D eigenvalue weighted by Crippen LogP contribution is 2.27. The largest absolute Gasteiger partial charge is 0.405 e. The van der Waals surface area contributed by atoms with Crippen molar-refractivity contribution >= 4 is 38.6 Å². The normalized spacial score (nSPS) is 13.1. The van der Waals surface area contributed by atoms with Crippen molar-refractivity contribution in [1.29, 1.82) is 0 Å². The number of rotatable bonds is 4. The van der Waals surface area contributed by atoms with E-state index < -0.39 is 29.5 Å². The molecule has 1 unspecified atom stereocenters. The van der Waals surface area contributed by atoms with Crippen molar-refractivity contribution in [2.75, 3.05) is 6.54 Å². The van der Waals surface area contributed by atoms with E-state index in [1.54, 1.807) is 23.8 Å². The standard InChI is InChI=1S/C17H13F3N6O2S/c1-8(15(27)24-7-17(18,19)20)26-14-11(29-16(26)28)6-23-13(25-14)10-5-22-12-9(10)3-2-4-21-12/h2-6,8H,7H2,1H3,(H,21,22)(H,24,27). The summed E-state index contributed by atoms with van der Waals surface area (Å²) in [5.74, 6) is -0.633. The van der Waals surface area contributed by atoms with Crippen molar-refractivity contribution in [2.45, 2.75) is 19.1 Å². The molecule has 0 aliphatic carbocycles. The van der Waals surface area contributed by atoms with Crippen molar-refractivity contribution in [3.05, 3.63) is 40.4 Å². The molecule has 12 heteroatoms. The summed E-state index contributed by atoms with van der Waals surface area (Å²) < 4.78 is 38.6. The second-order valence-electron chi connectivity index (χ2n) is 6.23. The minimum absolute atomic E-state index is 0.179. The van der Waals surface area contributed by atoms with E-state index in [-0.39, 0.29) is 5.65 Å². The molecule has 0 aliphatic rings. The summed E-state index contributed by atoms with van der Waals surface area (Å²) in [5.41, 5.74) is 1.46. The van der Waals surface area contributed by atoms with Gasteiger partial charge in [0, 0.05) is 23.3 Å². The highest BCUT2D eigenvalue weighted by atomic mass is 32.1. The van der Waals surface area contributed by atoms with E-state index >= 15 is 0 Å². The highest BCUT2D eigenvalue weighted by molar-refractivity contribution is 7.16. The number of amides is 1. The maximum absolute atomic E-state index is 12.4. The lowest BCUT2D eigenvalue weighted by Crippen LogP contribution is -2.39. The van der Waals surface area contributed by atoms with Gasteiger partial charge >= 0.3 is 11.0 Å². The van der Waals surface area contributed by atoms with Crippen LogP contribution in [0.5, 0.6) is 0 Å². The fourth-order valence-electron chi connectivity index (χ4n) is 2.90. The van der Waals surface area contributed by atoms with Gasteiger partial charge in [-0.2, -0.15) is 13.2 Å². The molecule has 4 rings (SSSR count). The van der Waals surface area contributed by atoms with Gasteiger partial charge in [0.1, 0.15) is 18.2 Å². The van der Waals surface area contributed by atoms with Gasteiger partial charge in [0.15, 0.2) is 11.5 Å². The van der Waals surface area contributed by atoms with Gasteiger partial charge in [-0.1, -0.05) is 11.3 Å². The van der Waals surface area contributed by atoms with E-state index in [9.17, 15) is 22.8 Å². The first-order valence-electron chi connectivity index (χ1n) is 8.39. The summed E-state index contributed by atoms with van der Waals surface area (Å²) in [4.78, 5) is 39.9. The molecule has 0 spiro atoms. The first-order chi connectivity index (χ1) is 13.7. The van der Waals surface area contributed by atoms with E-state index in [1.165, 1.54) is 13.1 Å². The van der Waals surface area contributed by atoms with E-state index in [2.05, 4.69) is 19.9 Å². The number of aromatic amines is 1. The Morgan fingerprint density at radius 1 is 1.38 bits per heavy atom. The van der Waals surface area contributed by atoms with Crippen molar-refractivity contribution in [3.8, 4) is 11.4 Å². The number of halogens is 3. The number of H-pyrrole nitrogens is 1. The molecule has 4 heterocycles. The third-order valence-electron chi connectivity index (χ3n) is 4.28. The van der Waals surface area contributed by atoms with E-state index in [0.717, 1.165) is 21.3 Å². The molecule has 0 bridgehead atoms. The molecule has 1 atom stereocenters. The molecule has 150 valence electrons. The third-order valence-corrected chi connectivity index (χ3v) is 5.16. The Balaban J connectivity index is 1.76. The van der Waals surface area contributed by atoms with Crippen LogP contribution >= 0.6 is 11.3 Å². The average Bonchev–Trinajstić information content (AvgIpc) is 3.24. The number of pyridine rings is 1. The molecule has 29 heavy (non-hydrogen) atoms. The van der Waals surface area contributed by atoms with E-state index in [1.807, 2.05) is 6.07 Å². The number of thiazole rings is 1. The van der Waals surface area contributed by atoms with Crippen LogP contribution in [-0.4, -0.2) is 43.1 Å². The minimum Gasteiger partial charge on any atom is -0.345 e. The summed E-state index contributed by atoms with van der Waals surface area (Å²) in [6.45, 7) is -0.133. The SMILES string of the molecule is CC(C(=O)NCC(F)(F)F)n1c(=O)sc2cnc(-c3c[nH]c4ncccc34)nc21. The quantitative estimate of drug-likeness (QED) is 0.526. The van der Waals surface area contributed by atoms with Crippen LogP contribution in [0, 0.1) is 0 Å². The van der Waals surface area contributed by atoms with E-state index in [0.29, 0.717) is 21.7 Å². The Bertz CT molecular complexity index is 1280. The van der Waals surface area contributed by atoms with Crippen LogP contribution in [-0.2, 0) is 4.79 Å². The lowest BCUT2D eigenvalue weighted by molar-refractivity contribution is -0.140. The first kappa shape index (κ1) is 19.1. The van der Waals surface area contributed by atoms with Gasteiger partial charge < -0.3 is 10.3 Å². The smallest absolute Gasteiger partial charge is 0.345 e. The molecule has 4 aromatic heterocycles. The summed E-state index contributed by atoms with van der Waals surface area (Å²) in [6.07, 6.45) is 0.211. The predicted molar refractivity (Wildman–Crippen MR) is 101 cm³/mol. The van der Waals surface area contributed by atoms with Gasteiger partial charge in [-0.3, -0.25) is 14.2 Å². The zero-order valence-corrected chi connectivity index (χ0v) is 15.6. The number of fused-ring (bicyclic) bond motifs is 2. The summed E-state index contributed by atoms with van der Waals surface area (Å²) in [6, 6.07) is 2.41. The zero-order valence-electron chi connectivity index (χ0n) is 14.8. The second-order valence-corrected chi connectivity index (χ2v) is 7.22. The fraction of sp³-hybridized carbons (Fsp3) is 0.235.